The normalized spacial score (nSPS) is 15.8. The molecule has 240 valence electrons. The molecule has 0 radical (unpaired) electrons. The number of thioether (sulfide) groups is 1. The number of hydrogen-bond donors (Lipinski definition) is 1. The Hall–Kier alpha value is -3.77. The topological polar surface area (TPSA) is 111 Å². The molecule has 5 rings (SSSR count). The first-order valence-electron chi connectivity index (χ1n) is 14.6. The van der Waals surface area contributed by atoms with Gasteiger partial charge in [0.2, 0.25) is 5.13 Å². The van der Waals surface area contributed by atoms with Gasteiger partial charge in [-0.2, -0.15) is 0 Å². The average molecular weight is 701 g/mol. The van der Waals surface area contributed by atoms with E-state index in [0.717, 1.165) is 23.3 Å². The van der Waals surface area contributed by atoms with Crippen molar-refractivity contribution in [3.05, 3.63) is 93.0 Å². The first kappa shape index (κ1) is 33.6. The number of nitrogens with zero attached hydrogens (tertiary/aromatic N) is 3. The van der Waals surface area contributed by atoms with Crippen LogP contribution in [0.3, 0.4) is 0 Å². The van der Waals surface area contributed by atoms with Gasteiger partial charge in [-0.05, 0) is 79.9 Å². The highest BCUT2D eigenvalue weighted by atomic mass is 35.5. The Bertz CT molecular complexity index is 1760. The van der Waals surface area contributed by atoms with Gasteiger partial charge in [-0.15, -0.1) is 10.2 Å². The quantitative estimate of drug-likeness (QED) is 0.0484. The molecule has 3 aromatic carbocycles. The number of aromatic nitrogens is 2. The Kier molecular flexibility index (Phi) is 11.1. The van der Waals surface area contributed by atoms with Crippen LogP contribution >= 0.6 is 46.3 Å². The van der Waals surface area contributed by atoms with Crippen molar-refractivity contribution in [3.63, 3.8) is 0 Å². The van der Waals surface area contributed by atoms with Gasteiger partial charge in [-0.3, -0.25) is 14.5 Å². The second kappa shape index (κ2) is 15.2. The number of rotatable bonds is 13. The summed E-state index contributed by atoms with van der Waals surface area (Å²) in [7, 11) is 0. The fourth-order valence-electron chi connectivity index (χ4n) is 4.81. The molecule has 1 N–H and O–H groups in total. The number of anilines is 1. The number of aliphatic hydroxyl groups is 1. The van der Waals surface area contributed by atoms with Crippen LogP contribution in [0.2, 0.25) is 10.0 Å². The fraction of sp³-hybridized carbons (Fsp3) is 0.273. The van der Waals surface area contributed by atoms with E-state index in [1.54, 1.807) is 54.6 Å². The average Bonchev–Trinajstić information content (AvgIpc) is 3.62. The standard InChI is InChI=1S/C33H31Cl2N3O6S2/c1-4-15-44-25-14-10-20(16-26(25)43-6-3)28-27(29(39)19-8-12-23(13-9-19)42-5-2)30(40)31(41)38(28)32-36-37-33(46-32)45-18-21-7-11-22(34)17-24(21)35/h7-14,16-17,28,39H,4-6,15,18H2,1-3H3. The van der Waals surface area contributed by atoms with Crippen molar-refractivity contribution >= 4 is 68.9 Å². The summed E-state index contributed by atoms with van der Waals surface area (Å²) in [4.78, 5) is 28.7. The lowest BCUT2D eigenvalue weighted by Gasteiger charge is -2.23. The zero-order valence-electron chi connectivity index (χ0n) is 25.3. The Balaban J connectivity index is 1.57. The number of carbonyl (C=O) groups excluding carboxylic acids is 2. The molecule has 1 saturated heterocycles. The van der Waals surface area contributed by atoms with Crippen molar-refractivity contribution in [3.8, 4) is 17.2 Å². The van der Waals surface area contributed by atoms with Crippen LogP contribution in [0.5, 0.6) is 17.2 Å². The van der Waals surface area contributed by atoms with E-state index < -0.39 is 17.7 Å². The van der Waals surface area contributed by atoms with Crippen molar-refractivity contribution < 1.29 is 28.9 Å². The van der Waals surface area contributed by atoms with Gasteiger partial charge in [0.05, 0.1) is 31.4 Å². The molecular formula is C33H31Cl2N3O6S2. The third-order valence-electron chi connectivity index (χ3n) is 6.90. The van der Waals surface area contributed by atoms with Crippen molar-refractivity contribution in [2.24, 2.45) is 0 Å². The highest BCUT2D eigenvalue weighted by Gasteiger charge is 2.48. The molecular weight excluding hydrogens is 669 g/mol. The summed E-state index contributed by atoms with van der Waals surface area (Å²) < 4.78 is 17.9. The van der Waals surface area contributed by atoms with Crippen molar-refractivity contribution in [2.45, 2.75) is 43.3 Å². The zero-order chi connectivity index (χ0) is 32.8. The number of benzene rings is 3. The van der Waals surface area contributed by atoms with Gasteiger partial charge in [0.25, 0.3) is 5.78 Å². The van der Waals surface area contributed by atoms with E-state index in [2.05, 4.69) is 10.2 Å². The Morgan fingerprint density at radius 2 is 1.70 bits per heavy atom. The van der Waals surface area contributed by atoms with Crippen LogP contribution in [0, 0.1) is 0 Å². The molecule has 1 fully saturated rings. The number of aliphatic hydroxyl groups excluding tert-OH is 1. The molecule has 2 heterocycles. The van der Waals surface area contributed by atoms with Crippen LogP contribution in [-0.4, -0.2) is 46.8 Å². The molecule has 9 nitrogen and oxygen atoms in total. The summed E-state index contributed by atoms with van der Waals surface area (Å²) >= 11 is 14.9. The number of ketones is 1. The molecule has 0 spiro atoms. The van der Waals surface area contributed by atoms with Gasteiger partial charge in [0, 0.05) is 21.4 Å². The van der Waals surface area contributed by atoms with Crippen molar-refractivity contribution in [2.75, 3.05) is 24.7 Å². The van der Waals surface area contributed by atoms with Crippen LogP contribution in [0.25, 0.3) is 5.76 Å². The predicted octanol–water partition coefficient (Wildman–Crippen LogP) is 8.35. The predicted molar refractivity (Wildman–Crippen MR) is 182 cm³/mol. The van der Waals surface area contributed by atoms with Crippen molar-refractivity contribution in [1.82, 2.24) is 10.2 Å². The van der Waals surface area contributed by atoms with Gasteiger partial charge in [0.1, 0.15) is 11.5 Å². The zero-order valence-corrected chi connectivity index (χ0v) is 28.4. The maximum atomic E-state index is 13.7. The van der Waals surface area contributed by atoms with Crippen LogP contribution in [-0.2, 0) is 15.3 Å². The number of carbonyl (C=O) groups is 2. The number of halogens is 2. The molecule has 4 aromatic rings. The first-order valence-corrected chi connectivity index (χ1v) is 17.1. The van der Waals surface area contributed by atoms with Gasteiger partial charge in [0.15, 0.2) is 15.8 Å². The second-order valence-corrected chi connectivity index (χ2v) is 13.0. The lowest BCUT2D eigenvalue weighted by molar-refractivity contribution is -0.132. The minimum absolute atomic E-state index is 0.0869. The largest absolute Gasteiger partial charge is 0.507 e. The molecule has 0 saturated carbocycles. The lowest BCUT2D eigenvalue weighted by Crippen LogP contribution is -2.29. The number of amides is 1. The van der Waals surface area contributed by atoms with Crippen LogP contribution < -0.4 is 19.1 Å². The van der Waals surface area contributed by atoms with E-state index >= 15 is 0 Å². The van der Waals surface area contributed by atoms with Crippen molar-refractivity contribution in [1.29, 1.82) is 0 Å². The molecule has 1 aliphatic heterocycles. The minimum Gasteiger partial charge on any atom is -0.507 e. The maximum absolute atomic E-state index is 13.7. The summed E-state index contributed by atoms with van der Waals surface area (Å²) in [5.41, 5.74) is 1.65. The molecule has 1 amide bonds. The van der Waals surface area contributed by atoms with Gasteiger partial charge >= 0.3 is 5.91 Å². The molecule has 1 aromatic heterocycles. The summed E-state index contributed by atoms with van der Waals surface area (Å²) in [5.74, 6) is 0.0724. The van der Waals surface area contributed by atoms with E-state index in [1.165, 1.54) is 16.7 Å². The molecule has 1 aliphatic rings. The van der Waals surface area contributed by atoms with Gasteiger partial charge in [-0.1, -0.05) is 65.4 Å². The molecule has 1 unspecified atom stereocenters. The fourth-order valence-corrected chi connectivity index (χ4v) is 7.23. The third-order valence-corrected chi connectivity index (χ3v) is 9.59. The summed E-state index contributed by atoms with van der Waals surface area (Å²) in [5, 5.41) is 21.4. The minimum atomic E-state index is -1.03. The summed E-state index contributed by atoms with van der Waals surface area (Å²) in [6.07, 6.45) is 0.803. The second-order valence-electron chi connectivity index (χ2n) is 9.99. The van der Waals surface area contributed by atoms with Gasteiger partial charge < -0.3 is 19.3 Å². The monoisotopic (exact) mass is 699 g/mol. The van der Waals surface area contributed by atoms with E-state index in [1.807, 2.05) is 26.8 Å². The van der Waals surface area contributed by atoms with E-state index in [-0.39, 0.29) is 16.5 Å². The van der Waals surface area contributed by atoms with Crippen LogP contribution in [0.1, 0.15) is 49.9 Å². The Morgan fingerprint density at radius 3 is 2.39 bits per heavy atom. The van der Waals surface area contributed by atoms with E-state index in [0.29, 0.717) is 68.3 Å². The smallest absolute Gasteiger partial charge is 0.301 e. The Labute approximate surface area is 285 Å². The van der Waals surface area contributed by atoms with E-state index in [9.17, 15) is 14.7 Å². The molecule has 0 aliphatic carbocycles. The maximum Gasteiger partial charge on any atom is 0.301 e. The van der Waals surface area contributed by atoms with Crippen LogP contribution in [0.4, 0.5) is 5.13 Å². The van der Waals surface area contributed by atoms with Gasteiger partial charge in [-0.25, -0.2) is 0 Å². The SMILES string of the molecule is CCCOc1ccc(C2C(=C(O)c3ccc(OCC)cc3)C(=O)C(=O)N2c2nnc(SCc3ccc(Cl)cc3Cl)s2)cc1OCC. The highest BCUT2D eigenvalue weighted by molar-refractivity contribution is 8.00. The number of hydrogen-bond acceptors (Lipinski definition) is 10. The first-order chi connectivity index (χ1) is 22.2. The Morgan fingerprint density at radius 1 is 0.935 bits per heavy atom. The van der Waals surface area contributed by atoms with E-state index in [4.69, 9.17) is 37.4 Å². The molecule has 13 heteroatoms. The number of Topliss-reactive ketones (excluding diaryl/α,β-unsaturated/α-hetero) is 1. The molecule has 0 bridgehead atoms. The summed E-state index contributed by atoms with van der Waals surface area (Å²) in [6.45, 7) is 7.06. The highest BCUT2D eigenvalue weighted by Crippen LogP contribution is 2.46. The summed E-state index contributed by atoms with van der Waals surface area (Å²) in [6, 6.07) is 16.1. The van der Waals surface area contributed by atoms with Crippen LogP contribution in [0.15, 0.2) is 70.6 Å². The molecule has 1 atom stereocenters. The lowest BCUT2D eigenvalue weighted by atomic mass is 9.95. The third kappa shape index (κ3) is 7.28. The number of ether oxygens (including phenoxy) is 3. The molecule has 46 heavy (non-hydrogen) atoms.